The van der Waals surface area contributed by atoms with Crippen LogP contribution in [0.5, 0.6) is 0 Å². The van der Waals surface area contributed by atoms with E-state index in [9.17, 15) is 0 Å². The lowest BCUT2D eigenvalue weighted by Gasteiger charge is -2.30. The summed E-state index contributed by atoms with van der Waals surface area (Å²) in [6.07, 6.45) is 4.95. The van der Waals surface area contributed by atoms with Crippen molar-refractivity contribution in [2.45, 2.75) is 39.2 Å². The predicted molar refractivity (Wildman–Crippen MR) is 79.7 cm³/mol. The van der Waals surface area contributed by atoms with E-state index in [0.717, 1.165) is 37.7 Å². The topological polar surface area (TPSA) is 53.1 Å². The molecule has 0 spiro atoms. The second-order valence-electron chi connectivity index (χ2n) is 5.16. The van der Waals surface area contributed by atoms with Gasteiger partial charge < -0.3 is 15.5 Å². The molecule has 0 unspecified atom stereocenters. The van der Waals surface area contributed by atoms with E-state index in [-0.39, 0.29) is 0 Å². The molecule has 1 fully saturated rings. The third-order valence-electron chi connectivity index (χ3n) is 3.70. The summed E-state index contributed by atoms with van der Waals surface area (Å²) in [5, 5.41) is 6.91. The number of hydrogen-bond acceptors (Lipinski definition) is 5. The summed E-state index contributed by atoms with van der Waals surface area (Å²) in [5.41, 5.74) is 1.20. The van der Waals surface area contributed by atoms with E-state index in [2.05, 4.69) is 46.4 Å². The maximum atomic E-state index is 4.43. The van der Waals surface area contributed by atoms with Crippen LogP contribution in [0.2, 0.25) is 0 Å². The maximum absolute atomic E-state index is 4.43. The van der Waals surface area contributed by atoms with E-state index in [1.807, 2.05) is 0 Å². The van der Waals surface area contributed by atoms with E-state index in [1.54, 1.807) is 6.33 Å². The monoisotopic (exact) mass is 263 g/mol. The second kappa shape index (κ2) is 6.70. The molecule has 0 atom stereocenters. The first-order chi connectivity index (χ1) is 9.24. The van der Waals surface area contributed by atoms with E-state index in [0.29, 0.717) is 6.04 Å². The van der Waals surface area contributed by atoms with Gasteiger partial charge in [-0.05, 0) is 46.3 Å². The zero-order chi connectivity index (χ0) is 13.7. The van der Waals surface area contributed by atoms with Gasteiger partial charge in [0, 0.05) is 18.2 Å². The highest BCUT2D eigenvalue weighted by atomic mass is 15.1. The molecule has 1 aliphatic rings. The number of rotatable bonds is 5. The molecule has 0 aromatic carbocycles. The lowest BCUT2D eigenvalue weighted by Crippen LogP contribution is -2.37. The summed E-state index contributed by atoms with van der Waals surface area (Å²) >= 11 is 0. The Balaban J connectivity index is 2.08. The van der Waals surface area contributed by atoms with Gasteiger partial charge in [0.2, 0.25) is 0 Å². The molecule has 5 nitrogen and oxygen atoms in total. The van der Waals surface area contributed by atoms with Crippen LogP contribution < -0.4 is 10.6 Å². The minimum atomic E-state index is 0.533. The van der Waals surface area contributed by atoms with Crippen LogP contribution >= 0.6 is 0 Å². The van der Waals surface area contributed by atoms with Gasteiger partial charge in [0.1, 0.15) is 18.0 Å². The van der Waals surface area contributed by atoms with Crippen molar-refractivity contribution >= 4 is 11.6 Å². The van der Waals surface area contributed by atoms with Gasteiger partial charge in [-0.25, -0.2) is 9.97 Å². The molecule has 1 saturated heterocycles. The summed E-state index contributed by atoms with van der Waals surface area (Å²) in [5.74, 6) is 1.97. The first-order valence-electron chi connectivity index (χ1n) is 7.27. The van der Waals surface area contributed by atoms with E-state index in [1.165, 1.54) is 18.4 Å². The lowest BCUT2D eigenvalue weighted by molar-refractivity contribution is 0.263. The van der Waals surface area contributed by atoms with Crippen molar-refractivity contribution in [3.8, 4) is 0 Å². The van der Waals surface area contributed by atoms with E-state index >= 15 is 0 Å². The van der Waals surface area contributed by atoms with Crippen molar-refractivity contribution in [1.29, 1.82) is 0 Å². The van der Waals surface area contributed by atoms with Gasteiger partial charge in [-0.15, -0.1) is 0 Å². The molecule has 2 rings (SSSR count). The molecule has 0 bridgehead atoms. The Morgan fingerprint density at radius 3 is 2.53 bits per heavy atom. The Kier molecular flexibility index (Phi) is 4.96. The fourth-order valence-corrected chi connectivity index (χ4v) is 2.54. The molecular formula is C14H25N5. The van der Waals surface area contributed by atoms with Gasteiger partial charge in [0.15, 0.2) is 0 Å². The summed E-state index contributed by atoms with van der Waals surface area (Å²) in [6.45, 7) is 7.44. The highest BCUT2D eigenvalue weighted by molar-refractivity contribution is 5.57. The van der Waals surface area contributed by atoms with Crippen LogP contribution in [0.15, 0.2) is 6.33 Å². The summed E-state index contributed by atoms with van der Waals surface area (Å²) in [4.78, 5) is 11.1. The van der Waals surface area contributed by atoms with Gasteiger partial charge in [0.05, 0.1) is 0 Å². The first kappa shape index (κ1) is 14.1. The zero-order valence-corrected chi connectivity index (χ0v) is 12.2. The Hall–Kier alpha value is -1.36. The molecule has 106 valence electrons. The average Bonchev–Trinajstić information content (AvgIpc) is 2.42. The molecule has 0 aliphatic carbocycles. The molecule has 5 heteroatoms. The SMILES string of the molecule is CCNc1ncnc(NC2CCN(C)CC2)c1CC. The number of nitrogens with one attached hydrogen (secondary N) is 2. The van der Waals surface area contributed by atoms with Crippen molar-refractivity contribution in [3.05, 3.63) is 11.9 Å². The van der Waals surface area contributed by atoms with Crippen molar-refractivity contribution in [2.24, 2.45) is 0 Å². The Morgan fingerprint density at radius 1 is 1.21 bits per heavy atom. The fourth-order valence-electron chi connectivity index (χ4n) is 2.54. The van der Waals surface area contributed by atoms with Crippen LogP contribution in [-0.4, -0.2) is 47.6 Å². The molecular weight excluding hydrogens is 238 g/mol. The largest absolute Gasteiger partial charge is 0.370 e. The Bertz CT molecular complexity index is 399. The van der Waals surface area contributed by atoms with Crippen LogP contribution in [0.4, 0.5) is 11.6 Å². The van der Waals surface area contributed by atoms with Gasteiger partial charge in [-0.2, -0.15) is 0 Å². The molecule has 2 N–H and O–H groups in total. The molecule has 1 aromatic heterocycles. The molecule has 19 heavy (non-hydrogen) atoms. The first-order valence-corrected chi connectivity index (χ1v) is 7.27. The van der Waals surface area contributed by atoms with Crippen LogP contribution in [0.25, 0.3) is 0 Å². The standard InChI is InChI=1S/C14H25N5/c1-4-12-13(15-5-2)16-10-17-14(12)18-11-6-8-19(3)9-7-11/h10-11H,4-9H2,1-3H3,(H2,15,16,17,18). The number of anilines is 2. The number of nitrogens with zero attached hydrogens (tertiary/aromatic N) is 3. The van der Waals surface area contributed by atoms with Gasteiger partial charge in [-0.1, -0.05) is 6.92 Å². The molecule has 0 saturated carbocycles. The molecule has 0 amide bonds. The van der Waals surface area contributed by atoms with Gasteiger partial charge in [0.25, 0.3) is 0 Å². The fraction of sp³-hybridized carbons (Fsp3) is 0.714. The maximum Gasteiger partial charge on any atom is 0.134 e. The molecule has 2 heterocycles. The third-order valence-corrected chi connectivity index (χ3v) is 3.70. The molecule has 0 radical (unpaired) electrons. The second-order valence-corrected chi connectivity index (χ2v) is 5.16. The van der Waals surface area contributed by atoms with Crippen molar-refractivity contribution < 1.29 is 0 Å². The zero-order valence-electron chi connectivity index (χ0n) is 12.2. The van der Waals surface area contributed by atoms with Crippen LogP contribution in [0, 0.1) is 0 Å². The highest BCUT2D eigenvalue weighted by Gasteiger charge is 2.18. The third kappa shape index (κ3) is 3.56. The van der Waals surface area contributed by atoms with E-state index < -0.39 is 0 Å². The Labute approximate surface area is 115 Å². The predicted octanol–water partition coefficient (Wildman–Crippen LogP) is 1.98. The van der Waals surface area contributed by atoms with Crippen LogP contribution in [0.3, 0.4) is 0 Å². The minimum Gasteiger partial charge on any atom is -0.370 e. The van der Waals surface area contributed by atoms with Crippen molar-refractivity contribution in [3.63, 3.8) is 0 Å². The molecule has 1 aliphatic heterocycles. The number of likely N-dealkylation sites (tertiary alicyclic amines) is 1. The molecule has 1 aromatic rings. The highest BCUT2D eigenvalue weighted by Crippen LogP contribution is 2.23. The van der Waals surface area contributed by atoms with Crippen LogP contribution in [-0.2, 0) is 6.42 Å². The smallest absolute Gasteiger partial charge is 0.134 e. The number of hydrogen-bond donors (Lipinski definition) is 2. The summed E-state index contributed by atoms with van der Waals surface area (Å²) in [6, 6.07) is 0.533. The Morgan fingerprint density at radius 2 is 1.89 bits per heavy atom. The normalized spacial score (nSPS) is 17.4. The minimum absolute atomic E-state index is 0.533. The summed E-state index contributed by atoms with van der Waals surface area (Å²) in [7, 11) is 2.18. The van der Waals surface area contributed by atoms with E-state index in [4.69, 9.17) is 0 Å². The van der Waals surface area contributed by atoms with Crippen molar-refractivity contribution in [2.75, 3.05) is 37.3 Å². The van der Waals surface area contributed by atoms with Crippen molar-refractivity contribution in [1.82, 2.24) is 14.9 Å². The number of piperidine rings is 1. The quantitative estimate of drug-likeness (QED) is 0.850. The lowest BCUT2D eigenvalue weighted by atomic mass is 10.1. The van der Waals surface area contributed by atoms with Crippen LogP contribution in [0.1, 0.15) is 32.3 Å². The van der Waals surface area contributed by atoms with Gasteiger partial charge in [-0.3, -0.25) is 0 Å². The average molecular weight is 263 g/mol. The number of aromatic nitrogens is 2. The summed E-state index contributed by atoms with van der Waals surface area (Å²) < 4.78 is 0. The van der Waals surface area contributed by atoms with Gasteiger partial charge >= 0.3 is 0 Å².